The van der Waals surface area contributed by atoms with Gasteiger partial charge in [0.05, 0.1) is 6.04 Å². The van der Waals surface area contributed by atoms with E-state index in [1.165, 1.54) is 0 Å². The zero-order valence-electron chi connectivity index (χ0n) is 13.1. The molecule has 5 nitrogen and oxygen atoms in total. The van der Waals surface area contributed by atoms with Crippen LogP contribution in [0.3, 0.4) is 0 Å². The summed E-state index contributed by atoms with van der Waals surface area (Å²) in [6.07, 6.45) is 2.38. The van der Waals surface area contributed by atoms with Crippen LogP contribution in [-0.2, 0) is 11.2 Å². The van der Waals surface area contributed by atoms with Crippen molar-refractivity contribution in [3.05, 3.63) is 60.3 Å². The lowest BCUT2D eigenvalue weighted by Gasteiger charge is -2.36. The smallest absolute Gasteiger partial charge is 0.239 e. The number of carbonyl (C=O) groups excluding carboxylic acids is 1. The summed E-state index contributed by atoms with van der Waals surface area (Å²) in [7, 11) is 0. The van der Waals surface area contributed by atoms with Crippen molar-refractivity contribution >= 4 is 11.7 Å². The first-order valence-corrected chi connectivity index (χ1v) is 7.98. The van der Waals surface area contributed by atoms with Crippen LogP contribution in [-0.4, -0.2) is 48.0 Å². The van der Waals surface area contributed by atoms with Crippen molar-refractivity contribution in [2.75, 3.05) is 31.1 Å². The Kier molecular flexibility index (Phi) is 4.88. The molecule has 5 heteroatoms. The molecule has 1 aromatic carbocycles. The molecule has 2 N–H and O–H groups in total. The van der Waals surface area contributed by atoms with Crippen molar-refractivity contribution in [1.82, 2.24) is 9.88 Å². The van der Waals surface area contributed by atoms with Gasteiger partial charge in [0.2, 0.25) is 5.91 Å². The number of pyridine rings is 1. The normalized spacial score (nSPS) is 16.2. The van der Waals surface area contributed by atoms with Crippen LogP contribution >= 0.6 is 0 Å². The second kappa shape index (κ2) is 7.24. The number of carbonyl (C=O) groups is 1. The molecular weight excluding hydrogens is 288 g/mol. The number of benzene rings is 1. The largest absolute Gasteiger partial charge is 0.353 e. The number of nitrogens with zero attached hydrogens (tertiary/aromatic N) is 3. The van der Waals surface area contributed by atoms with Crippen LogP contribution in [0.4, 0.5) is 5.82 Å². The second-order valence-electron chi connectivity index (χ2n) is 5.80. The van der Waals surface area contributed by atoms with Crippen molar-refractivity contribution < 1.29 is 4.79 Å². The van der Waals surface area contributed by atoms with E-state index in [0.717, 1.165) is 24.5 Å². The maximum absolute atomic E-state index is 12.5. The summed E-state index contributed by atoms with van der Waals surface area (Å²) >= 11 is 0. The Morgan fingerprint density at radius 1 is 1.04 bits per heavy atom. The van der Waals surface area contributed by atoms with Crippen molar-refractivity contribution in [3.8, 4) is 0 Å². The van der Waals surface area contributed by atoms with Crippen LogP contribution in [0.25, 0.3) is 0 Å². The monoisotopic (exact) mass is 310 g/mol. The van der Waals surface area contributed by atoms with Gasteiger partial charge >= 0.3 is 0 Å². The number of hydrogen-bond donors (Lipinski definition) is 1. The van der Waals surface area contributed by atoms with Gasteiger partial charge in [-0.3, -0.25) is 4.79 Å². The zero-order chi connectivity index (χ0) is 16.1. The molecule has 0 spiro atoms. The van der Waals surface area contributed by atoms with E-state index >= 15 is 0 Å². The molecule has 120 valence electrons. The SMILES string of the molecule is N[C@@H](Cc1ccccc1)C(=O)N1CCN(c2ccccn2)CC1. The first kappa shape index (κ1) is 15.5. The van der Waals surface area contributed by atoms with Gasteiger partial charge in [0.1, 0.15) is 5.82 Å². The summed E-state index contributed by atoms with van der Waals surface area (Å²) in [6, 6.07) is 15.3. The summed E-state index contributed by atoms with van der Waals surface area (Å²) in [5, 5.41) is 0. The molecule has 0 aliphatic carbocycles. The van der Waals surface area contributed by atoms with Gasteiger partial charge < -0.3 is 15.5 Å². The van der Waals surface area contributed by atoms with E-state index in [4.69, 9.17) is 5.73 Å². The van der Waals surface area contributed by atoms with Crippen LogP contribution in [0, 0.1) is 0 Å². The third kappa shape index (κ3) is 3.87. The van der Waals surface area contributed by atoms with Crippen LogP contribution < -0.4 is 10.6 Å². The first-order valence-electron chi connectivity index (χ1n) is 7.98. The number of amides is 1. The molecule has 1 saturated heterocycles. The minimum atomic E-state index is -0.473. The Hall–Kier alpha value is -2.40. The fourth-order valence-electron chi connectivity index (χ4n) is 2.89. The van der Waals surface area contributed by atoms with Gasteiger partial charge in [-0.05, 0) is 24.1 Å². The number of nitrogens with two attached hydrogens (primary N) is 1. The standard InChI is InChI=1S/C18H22N4O/c19-16(14-15-6-2-1-3-7-15)18(23)22-12-10-21(11-13-22)17-8-4-5-9-20-17/h1-9,16H,10-14,19H2/t16-/m0/s1. The molecule has 0 radical (unpaired) electrons. The van der Waals surface area contributed by atoms with Gasteiger partial charge in [-0.15, -0.1) is 0 Å². The third-order valence-electron chi connectivity index (χ3n) is 4.18. The van der Waals surface area contributed by atoms with Crippen molar-refractivity contribution in [2.45, 2.75) is 12.5 Å². The van der Waals surface area contributed by atoms with E-state index in [2.05, 4.69) is 9.88 Å². The summed E-state index contributed by atoms with van der Waals surface area (Å²) < 4.78 is 0. The highest BCUT2D eigenvalue weighted by molar-refractivity contribution is 5.82. The summed E-state index contributed by atoms with van der Waals surface area (Å²) in [4.78, 5) is 20.9. The van der Waals surface area contributed by atoms with Crippen LogP contribution in [0.15, 0.2) is 54.7 Å². The highest BCUT2D eigenvalue weighted by Gasteiger charge is 2.25. The summed E-state index contributed by atoms with van der Waals surface area (Å²) in [5.74, 6) is 1.00. The maximum Gasteiger partial charge on any atom is 0.239 e. The first-order chi connectivity index (χ1) is 11.2. The van der Waals surface area contributed by atoms with Gasteiger partial charge in [0.15, 0.2) is 0 Å². The molecule has 1 aliphatic heterocycles. The number of anilines is 1. The van der Waals surface area contributed by atoms with E-state index in [1.54, 1.807) is 6.20 Å². The predicted octanol–water partition coefficient (Wildman–Crippen LogP) is 1.30. The van der Waals surface area contributed by atoms with Gasteiger partial charge in [0.25, 0.3) is 0 Å². The van der Waals surface area contributed by atoms with E-state index in [-0.39, 0.29) is 5.91 Å². The Bertz CT molecular complexity index is 624. The number of hydrogen-bond acceptors (Lipinski definition) is 4. The van der Waals surface area contributed by atoms with Crippen molar-refractivity contribution in [2.24, 2.45) is 5.73 Å². The molecular formula is C18H22N4O. The average molecular weight is 310 g/mol. The maximum atomic E-state index is 12.5. The van der Waals surface area contributed by atoms with Crippen molar-refractivity contribution in [3.63, 3.8) is 0 Å². The molecule has 1 amide bonds. The Morgan fingerprint density at radius 2 is 1.74 bits per heavy atom. The fourth-order valence-corrected chi connectivity index (χ4v) is 2.89. The van der Waals surface area contributed by atoms with E-state index in [1.807, 2.05) is 53.4 Å². The number of rotatable bonds is 4. The fraction of sp³-hybridized carbons (Fsp3) is 0.333. The van der Waals surface area contributed by atoms with Crippen LogP contribution in [0.1, 0.15) is 5.56 Å². The topological polar surface area (TPSA) is 62.5 Å². The lowest BCUT2D eigenvalue weighted by atomic mass is 10.1. The quantitative estimate of drug-likeness (QED) is 0.924. The molecule has 0 unspecified atom stereocenters. The Morgan fingerprint density at radius 3 is 2.39 bits per heavy atom. The highest BCUT2D eigenvalue weighted by Crippen LogP contribution is 2.13. The van der Waals surface area contributed by atoms with E-state index < -0.39 is 6.04 Å². The minimum absolute atomic E-state index is 0.0366. The molecule has 1 aromatic heterocycles. The highest BCUT2D eigenvalue weighted by atomic mass is 16.2. The summed E-state index contributed by atoms with van der Waals surface area (Å²) in [5.41, 5.74) is 7.21. The molecule has 23 heavy (non-hydrogen) atoms. The molecule has 0 bridgehead atoms. The predicted molar refractivity (Wildman–Crippen MR) is 91.2 cm³/mol. The van der Waals surface area contributed by atoms with Crippen LogP contribution in [0.2, 0.25) is 0 Å². The number of aromatic nitrogens is 1. The molecule has 1 aliphatic rings. The average Bonchev–Trinajstić information content (AvgIpc) is 2.63. The van der Waals surface area contributed by atoms with Gasteiger partial charge in [-0.25, -0.2) is 4.98 Å². The van der Waals surface area contributed by atoms with Crippen LogP contribution in [0.5, 0.6) is 0 Å². The molecule has 3 rings (SSSR count). The van der Waals surface area contributed by atoms with E-state index in [9.17, 15) is 4.79 Å². The van der Waals surface area contributed by atoms with Gasteiger partial charge in [-0.1, -0.05) is 36.4 Å². The lowest BCUT2D eigenvalue weighted by molar-refractivity contribution is -0.132. The second-order valence-corrected chi connectivity index (χ2v) is 5.80. The molecule has 2 heterocycles. The summed E-state index contributed by atoms with van der Waals surface area (Å²) in [6.45, 7) is 2.97. The van der Waals surface area contributed by atoms with E-state index in [0.29, 0.717) is 19.5 Å². The van der Waals surface area contributed by atoms with Gasteiger partial charge in [-0.2, -0.15) is 0 Å². The third-order valence-corrected chi connectivity index (χ3v) is 4.18. The lowest BCUT2D eigenvalue weighted by Crippen LogP contribution is -2.53. The Labute approximate surface area is 136 Å². The Balaban J connectivity index is 1.54. The van der Waals surface area contributed by atoms with Gasteiger partial charge in [0, 0.05) is 32.4 Å². The minimum Gasteiger partial charge on any atom is -0.353 e. The molecule has 1 fully saturated rings. The zero-order valence-corrected chi connectivity index (χ0v) is 13.1. The molecule has 2 aromatic rings. The van der Waals surface area contributed by atoms with Crippen molar-refractivity contribution in [1.29, 1.82) is 0 Å². The molecule has 0 saturated carbocycles. The molecule has 1 atom stereocenters. The number of piperazine rings is 1.